The van der Waals surface area contributed by atoms with Crippen LogP contribution in [0.3, 0.4) is 0 Å². The molecule has 1 aliphatic heterocycles. The fourth-order valence-electron chi connectivity index (χ4n) is 2.33. The Hall–Kier alpha value is -2.44. The first-order valence-electron chi connectivity index (χ1n) is 8.39. The molecular formula is C19H18Cl2N2O4. The highest BCUT2D eigenvalue weighted by molar-refractivity contribution is 6.42. The van der Waals surface area contributed by atoms with Gasteiger partial charge in [-0.15, -0.1) is 0 Å². The third kappa shape index (κ3) is 5.05. The quantitative estimate of drug-likeness (QED) is 0.586. The third-order valence-electron chi connectivity index (χ3n) is 3.69. The second-order valence-electron chi connectivity index (χ2n) is 5.74. The van der Waals surface area contributed by atoms with Crippen molar-refractivity contribution in [3.8, 4) is 11.5 Å². The lowest BCUT2D eigenvalue weighted by Gasteiger charge is -2.11. The second-order valence-corrected chi connectivity index (χ2v) is 6.55. The maximum absolute atomic E-state index is 12.4. The summed E-state index contributed by atoms with van der Waals surface area (Å²) in [6.45, 7) is 2.93. The summed E-state index contributed by atoms with van der Waals surface area (Å²) >= 11 is 11.9. The van der Waals surface area contributed by atoms with Crippen LogP contribution >= 0.6 is 23.2 Å². The van der Waals surface area contributed by atoms with Crippen molar-refractivity contribution in [1.82, 2.24) is 5.32 Å². The normalized spacial score (nSPS) is 12.8. The molecule has 0 saturated heterocycles. The Balaban J connectivity index is 1.71. The molecule has 142 valence electrons. The molecule has 0 aromatic heterocycles. The summed E-state index contributed by atoms with van der Waals surface area (Å²) in [6.07, 6.45) is 0.783. The Labute approximate surface area is 167 Å². The Morgan fingerprint density at radius 3 is 2.74 bits per heavy atom. The molecule has 0 unspecified atom stereocenters. The van der Waals surface area contributed by atoms with Crippen molar-refractivity contribution < 1.29 is 19.0 Å². The van der Waals surface area contributed by atoms with Gasteiger partial charge in [-0.2, -0.15) is 0 Å². The van der Waals surface area contributed by atoms with Crippen LogP contribution in [0.2, 0.25) is 10.0 Å². The SMILES string of the molecule is CCCOC(=NCc1ccc2c(c1)OCO2)NC(=O)c1ccc(Cl)c(Cl)c1. The van der Waals surface area contributed by atoms with Crippen molar-refractivity contribution in [2.24, 2.45) is 4.99 Å². The number of benzene rings is 2. The summed E-state index contributed by atoms with van der Waals surface area (Å²) in [5, 5.41) is 3.35. The molecule has 2 aromatic carbocycles. The first kappa shape index (κ1) is 19.3. The average molecular weight is 409 g/mol. The molecule has 0 bridgehead atoms. The molecule has 0 radical (unpaired) electrons. The minimum Gasteiger partial charge on any atom is -0.465 e. The molecule has 0 atom stereocenters. The summed E-state index contributed by atoms with van der Waals surface area (Å²) < 4.78 is 16.2. The summed E-state index contributed by atoms with van der Waals surface area (Å²) in [6, 6.07) is 10.3. The highest BCUT2D eigenvalue weighted by Gasteiger charge is 2.14. The van der Waals surface area contributed by atoms with Gasteiger partial charge in [-0.05, 0) is 42.3 Å². The summed E-state index contributed by atoms with van der Waals surface area (Å²) in [5.74, 6) is 1.01. The van der Waals surface area contributed by atoms with E-state index in [1.54, 1.807) is 12.1 Å². The molecule has 6 nitrogen and oxygen atoms in total. The molecule has 3 rings (SSSR count). The van der Waals surface area contributed by atoms with E-state index in [2.05, 4.69) is 10.3 Å². The van der Waals surface area contributed by atoms with Crippen LogP contribution in [0.5, 0.6) is 11.5 Å². The smallest absolute Gasteiger partial charge is 0.292 e. The monoisotopic (exact) mass is 408 g/mol. The van der Waals surface area contributed by atoms with Crippen LogP contribution in [-0.4, -0.2) is 25.3 Å². The van der Waals surface area contributed by atoms with Gasteiger partial charge in [0.25, 0.3) is 11.9 Å². The zero-order valence-electron chi connectivity index (χ0n) is 14.6. The number of hydrogen-bond donors (Lipinski definition) is 1. The molecule has 2 aromatic rings. The number of amides is 1. The lowest BCUT2D eigenvalue weighted by molar-refractivity contribution is 0.0965. The topological polar surface area (TPSA) is 69.2 Å². The van der Waals surface area contributed by atoms with Gasteiger partial charge >= 0.3 is 0 Å². The van der Waals surface area contributed by atoms with E-state index in [9.17, 15) is 4.79 Å². The fraction of sp³-hybridized carbons (Fsp3) is 0.263. The standard InChI is InChI=1S/C19H18Cl2N2O4/c1-2-7-25-19(23-18(24)13-4-5-14(20)15(21)9-13)22-10-12-3-6-16-17(8-12)27-11-26-16/h3-6,8-9H,2,7,10-11H2,1H3,(H,22,23,24). The Morgan fingerprint density at radius 1 is 1.15 bits per heavy atom. The van der Waals surface area contributed by atoms with Gasteiger partial charge in [0.15, 0.2) is 11.5 Å². The molecule has 1 heterocycles. The number of nitrogens with zero attached hydrogens (tertiary/aromatic N) is 1. The predicted octanol–water partition coefficient (Wildman–Crippen LogP) is 4.43. The van der Waals surface area contributed by atoms with E-state index in [1.807, 2.05) is 25.1 Å². The summed E-state index contributed by atoms with van der Waals surface area (Å²) in [7, 11) is 0. The number of amidine groups is 1. The van der Waals surface area contributed by atoms with Gasteiger partial charge in [0, 0.05) is 5.56 Å². The highest BCUT2D eigenvalue weighted by Crippen LogP contribution is 2.32. The lowest BCUT2D eigenvalue weighted by Crippen LogP contribution is -2.33. The number of fused-ring (bicyclic) bond motifs is 1. The van der Waals surface area contributed by atoms with Crippen LogP contribution < -0.4 is 14.8 Å². The average Bonchev–Trinajstić information content (AvgIpc) is 3.13. The molecule has 8 heteroatoms. The number of rotatable bonds is 5. The third-order valence-corrected chi connectivity index (χ3v) is 4.43. The van der Waals surface area contributed by atoms with Crippen molar-refractivity contribution in [3.05, 3.63) is 57.6 Å². The number of aliphatic imine (C=N–C) groups is 1. The molecule has 0 aliphatic carbocycles. The second kappa shape index (κ2) is 8.97. The Kier molecular flexibility index (Phi) is 6.42. The van der Waals surface area contributed by atoms with Crippen molar-refractivity contribution in [3.63, 3.8) is 0 Å². The van der Waals surface area contributed by atoms with Crippen LogP contribution in [0.1, 0.15) is 29.3 Å². The number of ether oxygens (including phenoxy) is 3. The number of carbonyl (C=O) groups is 1. The van der Waals surface area contributed by atoms with Gasteiger partial charge in [0.05, 0.1) is 23.2 Å². The van der Waals surface area contributed by atoms with Gasteiger partial charge in [-0.1, -0.05) is 36.2 Å². The molecule has 27 heavy (non-hydrogen) atoms. The van der Waals surface area contributed by atoms with E-state index in [0.29, 0.717) is 40.3 Å². The Morgan fingerprint density at radius 2 is 1.96 bits per heavy atom. The van der Waals surface area contributed by atoms with Crippen LogP contribution in [0.15, 0.2) is 41.4 Å². The number of nitrogens with one attached hydrogen (secondary N) is 1. The number of carbonyl (C=O) groups excluding carboxylic acids is 1. The number of halogens is 2. The lowest BCUT2D eigenvalue weighted by atomic mass is 10.2. The summed E-state index contributed by atoms with van der Waals surface area (Å²) in [4.78, 5) is 16.8. The van der Waals surface area contributed by atoms with Gasteiger partial charge in [-0.25, -0.2) is 4.99 Å². The number of hydrogen-bond acceptors (Lipinski definition) is 5. The van der Waals surface area contributed by atoms with E-state index < -0.39 is 0 Å². The molecular weight excluding hydrogens is 391 g/mol. The van der Waals surface area contributed by atoms with Crippen LogP contribution in [-0.2, 0) is 11.3 Å². The minimum absolute atomic E-state index is 0.144. The minimum atomic E-state index is -0.380. The first-order valence-corrected chi connectivity index (χ1v) is 9.14. The first-order chi connectivity index (χ1) is 13.1. The van der Waals surface area contributed by atoms with Crippen molar-refractivity contribution in [2.75, 3.05) is 13.4 Å². The predicted molar refractivity (Wildman–Crippen MR) is 104 cm³/mol. The van der Waals surface area contributed by atoms with Crippen LogP contribution in [0.25, 0.3) is 0 Å². The van der Waals surface area contributed by atoms with Crippen molar-refractivity contribution in [2.45, 2.75) is 19.9 Å². The maximum atomic E-state index is 12.4. The molecule has 1 aliphatic rings. The molecule has 0 saturated carbocycles. The molecule has 0 spiro atoms. The maximum Gasteiger partial charge on any atom is 0.292 e. The Bertz CT molecular complexity index is 871. The van der Waals surface area contributed by atoms with Gasteiger partial charge in [-0.3, -0.25) is 10.1 Å². The molecule has 1 amide bonds. The van der Waals surface area contributed by atoms with E-state index in [4.69, 9.17) is 37.4 Å². The van der Waals surface area contributed by atoms with Crippen LogP contribution in [0.4, 0.5) is 0 Å². The molecule has 0 fully saturated rings. The van der Waals surface area contributed by atoms with E-state index in [-0.39, 0.29) is 18.7 Å². The molecule has 1 N–H and O–H groups in total. The highest BCUT2D eigenvalue weighted by atomic mass is 35.5. The summed E-state index contributed by atoms with van der Waals surface area (Å²) in [5.41, 5.74) is 1.26. The van der Waals surface area contributed by atoms with Gasteiger partial charge in [0.2, 0.25) is 6.79 Å². The van der Waals surface area contributed by atoms with Crippen molar-refractivity contribution >= 4 is 35.1 Å². The largest absolute Gasteiger partial charge is 0.465 e. The van der Waals surface area contributed by atoms with E-state index in [0.717, 1.165) is 12.0 Å². The van der Waals surface area contributed by atoms with E-state index in [1.165, 1.54) is 6.07 Å². The van der Waals surface area contributed by atoms with Gasteiger partial charge in [0.1, 0.15) is 0 Å². The van der Waals surface area contributed by atoms with Gasteiger partial charge < -0.3 is 14.2 Å². The van der Waals surface area contributed by atoms with Crippen molar-refractivity contribution in [1.29, 1.82) is 0 Å². The zero-order chi connectivity index (χ0) is 19.2. The zero-order valence-corrected chi connectivity index (χ0v) is 16.1. The van der Waals surface area contributed by atoms with E-state index >= 15 is 0 Å². The van der Waals surface area contributed by atoms with Crippen LogP contribution in [0, 0.1) is 0 Å². The fourth-order valence-corrected chi connectivity index (χ4v) is 2.63.